The maximum Gasteiger partial charge on any atom is 0.335 e. The number of aryl methyl sites for hydroxylation is 1. The van der Waals surface area contributed by atoms with Gasteiger partial charge in [-0.2, -0.15) is 0 Å². The van der Waals surface area contributed by atoms with Crippen LogP contribution in [0.2, 0.25) is 10.0 Å². The Morgan fingerprint density at radius 3 is 2.29 bits per heavy atom. The van der Waals surface area contributed by atoms with Crippen molar-refractivity contribution in [2.75, 3.05) is 10.5 Å². The molecule has 2 aromatic rings. The summed E-state index contributed by atoms with van der Waals surface area (Å²) in [6.45, 7) is 1.77. The van der Waals surface area contributed by atoms with Crippen molar-refractivity contribution in [1.29, 1.82) is 0 Å². The molecule has 0 aliphatic carbocycles. The van der Waals surface area contributed by atoms with Crippen LogP contribution in [0, 0.1) is 0 Å². The molecule has 0 amide bonds. The molecule has 0 aliphatic heterocycles. The summed E-state index contributed by atoms with van der Waals surface area (Å²) in [5, 5.41) is 9.28. The van der Waals surface area contributed by atoms with Gasteiger partial charge in [0.05, 0.1) is 31.9 Å². The number of halogens is 2. The molecule has 0 unspecified atom stereocenters. The quantitative estimate of drug-likeness (QED) is 0.677. The van der Waals surface area contributed by atoms with Gasteiger partial charge in [-0.1, -0.05) is 36.2 Å². The van der Waals surface area contributed by atoms with Crippen LogP contribution in [0.4, 0.5) is 11.4 Å². The number of anilines is 2. The van der Waals surface area contributed by atoms with E-state index in [4.69, 9.17) is 34.0 Å². The van der Waals surface area contributed by atoms with Gasteiger partial charge in [0.2, 0.25) is 0 Å². The van der Waals surface area contributed by atoms with Crippen molar-refractivity contribution in [3.05, 3.63) is 51.5 Å². The third-order valence-electron chi connectivity index (χ3n) is 3.32. The Kier molecular flexibility index (Phi) is 5.27. The molecule has 2 rings (SSSR count). The monoisotopic (exact) mass is 388 g/mol. The highest BCUT2D eigenvalue weighted by atomic mass is 35.5. The SMILES string of the molecule is CCc1ccc(C(=O)O)cc1S(=O)(=O)Nc1cc(Cl)c(N)c(Cl)c1. The van der Waals surface area contributed by atoms with Crippen molar-refractivity contribution in [3.63, 3.8) is 0 Å². The van der Waals surface area contributed by atoms with Crippen LogP contribution < -0.4 is 10.5 Å². The molecule has 0 aliphatic rings. The summed E-state index contributed by atoms with van der Waals surface area (Å²) in [7, 11) is -4.03. The van der Waals surface area contributed by atoms with Crippen LogP contribution in [0.15, 0.2) is 35.2 Å². The summed E-state index contributed by atoms with van der Waals surface area (Å²) in [4.78, 5) is 11.0. The van der Waals surface area contributed by atoms with Crippen molar-refractivity contribution < 1.29 is 18.3 Å². The topological polar surface area (TPSA) is 109 Å². The number of carboxylic acid groups (broad SMARTS) is 1. The average molecular weight is 389 g/mol. The Morgan fingerprint density at radius 1 is 1.21 bits per heavy atom. The van der Waals surface area contributed by atoms with Crippen molar-refractivity contribution in [3.8, 4) is 0 Å². The molecule has 0 bridgehead atoms. The van der Waals surface area contributed by atoms with E-state index in [0.29, 0.717) is 12.0 Å². The number of nitrogen functional groups attached to an aromatic ring is 1. The van der Waals surface area contributed by atoms with Gasteiger partial charge in [0.1, 0.15) is 0 Å². The van der Waals surface area contributed by atoms with Crippen LogP contribution in [0.5, 0.6) is 0 Å². The van der Waals surface area contributed by atoms with Gasteiger partial charge in [-0.3, -0.25) is 4.72 Å². The zero-order valence-corrected chi connectivity index (χ0v) is 14.8. The van der Waals surface area contributed by atoms with E-state index in [1.165, 1.54) is 24.3 Å². The van der Waals surface area contributed by atoms with Crippen LogP contribution in [-0.4, -0.2) is 19.5 Å². The largest absolute Gasteiger partial charge is 0.478 e. The second-order valence-corrected chi connectivity index (χ2v) is 7.41. The fourth-order valence-corrected chi connectivity index (χ4v) is 3.95. The van der Waals surface area contributed by atoms with Crippen LogP contribution >= 0.6 is 23.2 Å². The molecule has 0 saturated carbocycles. The van der Waals surface area contributed by atoms with E-state index in [0.717, 1.165) is 6.07 Å². The molecule has 0 radical (unpaired) electrons. The summed E-state index contributed by atoms with van der Waals surface area (Å²) in [5.41, 5.74) is 6.25. The molecule has 9 heteroatoms. The van der Waals surface area contributed by atoms with Gasteiger partial charge in [-0.15, -0.1) is 0 Å². The third-order valence-corrected chi connectivity index (χ3v) is 5.40. The van der Waals surface area contributed by atoms with E-state index in [9.17, 15) is 13.2 Å². The van der Waals surface area contributed by atoms with Gasteiger partial charge in [0.25, 0.3) is 10.0 Å². The van der Waals surface area contributed by atoms with Gasteiger partial charge >= 0.3 is 5.97 Å². The molecule has 24 heavy (non-hydrogen) atoms. The van der Waals surface area contributed by atoms with Crippen molar-refractivity contribution in [1.82, 2.24) is 0 Å². The molecule has 0 atom stereocenters. The fraction of sp³-hybridized carbons (Fsp3) is 0.133. The lowest BCUT2D eigenvalue weighted by Crippen LogP contribution is -2.16. The normalized spacial score (nSPS) is 11.3. The first-order chi connectivity index (χ1) is 11.2. The smallest absolute Gasteiger partial charge is 0.335 e. The zero-order valence-electron chi connectivity index (χ0n) is 12.5. The number of aromatic carboxylic acids is 1. The van der Waals surface area contributed by atoms with E-state index >= 15 is 0 Å². The molecule has 2 aromatic carbocycles. The standard InChI is InChI=1S/C15H14Cl2N2O4S/c1-2-8-3-4-9(15(20)21)5-13(8)24(22,23)19-10-6-11(16)14(18)12(17)7-10/h3-7,19H,2,18H2,1H3,(H,20,21). The highest BCUT2D eigenvalue weighted by Crippen LogP contribution is 2.32. The van der Waals surface area contributed by atoms with Gasteiger partial charge < -0.3 is 10.8 Å². The molecule has 0 fully saturated rings. The van der Waals surface area contributed by atoms with Gasteiger partial charge in [0, 0.05) is 0 Å². The third kappa shape index (κ3) is 3.75. The molecule has 0 aromatic heterocycles. The van der Waals surface area contributed by atoms with Crippen LogP contribution in [0.3, 0.4) is 0 Å². The zero-order chi connectivity index (χ0) is 18.1. The van der Waals surface area contributed by atoms with Crippen molar-refractivity contribution >= 4 is 50.6 Å². The Morgan fingerprint density at radius 2 is 1.79 bits per heavy atom. The summed E-state index contributed by atoms with van der Waals surface area (Å²) in [6.07, 6.45) is 0.416. The van der Waals surface area contributed by atoms with E-state index in [1.807, 2.05) is 0 Å². The average Bonchev–Trinajstić information content (AvgIpc) is 2.51. The number of sulfonamides is 1. The Bertz CT molecular complexity index is 891. The minimum absolute atomic E-state index is 0.107. The number of carboxylic acids is 1. The van der Waals surface area contributed by atoms with E-state index in [1.54, 1.807) is 6.92 Å². The first-order valence-corrected chi connectivity index (χ1v) is 9.03. The highest BCUT2D eigenvalue weighted by molar-refractivity contribution is 7.92. The van der Waals surface area contributed by atoms with Gasteiger partial charge in [-0.25, -0.2) is 13.2 Å². The maximum absolute atomic E-state index is 12.6. The Balaban J connectivity index is 2.51. The summed E-state index contributed by atoms with van der Waals surface area (Å²) >= 11 is 11.8. The molecule has 0 saturated heterocycles. The lowest BCUT2D eigenvalue weighted by Gasteiger charge is -2.13. The molecule has 6 nitrogen and oxygen atoms in total. The molecule has 0 spiro atoms. The Hall–Kier alpha value is -1.96. The maximum atomic E-state index is 12.6. The minimum Gasteiger partial charge on any atom is -0.478 e. The lowest BCUT2D eigenvalue weighted by molar-refractivity contribution is 0.0696. The number of hydrogen-bond acceptors (Lipinski definition) is 4. The molecule has 0 heterocycles. The highest BCUT2D eigenvalue weighted by Gasteiger charge is 2.21. The van der Waals surface area contributed by atoms with E-state index in [2.05, 4.69) is 4.72 Å². The number of rotatable bonds is 5. The van der Waals surface area contributed by atoms with Crippen molar-refractivity contribution in [2.24, 2.45) is 0 Å². The summed E-state index contributed by atoms with van der Waals surface area (Å²) in [6, 6.07) is 6.60. The van der Waals surface area contributed by atoms with Gasteiger partial charge in [0.15, 0.2) is 0 Å². The number of hydrogen-bond donors (Lipinski definition) is 3. The Labute approximate surface area is 149 Å². The molecule has 128 valence electrons. The molecule has 4 N–H and O–H groups in total. The van der Waals surface area contributed by atoms with Crippen LogP contribution in [-0.2, 0) is 16.4 Å². The number of nitrogens with two attached hydrogens (primary N) is 1. The molecular formula is C15H14Cl2N2O4S. The minimum atomic E-state index is -4.03. The lowest BCUT2D eigenvalue weighted by atomic mass is 10.1. The molecular weight excluding hydrogens is 375 g/mol. The second kappa shape index (κ2) is 6.88. The number of nitrogens with one attached hydrogen (secondary N) is 1. The summed E-state index contributed by atoms with van der Waals surface area (Å²) < 4.78 is 27.6. The van der Waals surface area contributed by atoms with Gasteiger partial charge in [-0.05, 0) is 36.2 Å². The first kappa shape index (κ1) is 18.4. The first-order valence-electron chi connectivity index (χ1n) is 6.79. The second-order valence-electron chi connectivity index (χ2n) is 4.94. The predicted molar refractivity (Wildman–Crippen MR) is 94.5 cm³/mol. The fourth-order valence-electron chi connectivity index (χ4n) is 2.08. The number of benzene rings is 2. The van der Waals surface area contributed by atoms with Crippen LogP contribution in [0.25, 0.3) is 0 Å². The summed E-state index contributed by atoms with van der Waals surface area (Å²) in [5.74, 6) is -1.22. The van der Waals surface area contributed by atoms with Crippen LogP contribution in [0.1, 0.15) is 22.8 Å². The van der Waals surface area contributed by atoms with E-state index in [-0.39, 0.29) is 31.9 Å². The number of carbonyl (C=O) groups is 1. The van der Waals surface area contributed by atoms with E-state index < -0.39 is 16.0 Å². The van der Waals surface area contributed by atoms with Crippen molar-refractivity contribution in [2.45, 2.75) is 18.2 Å². The predicted octanol–water partition coefficient (Wildman–Crippen LogP) is 3.64.